The Morgan fingerprint density at radius 2 is 1.71 bits per heavy atom. The van der Waals surface area contributed by atoms with Crippen molar-refractivity contribution in [2.75, 3.05) is 0 Å². The number of nitro benzene ring substituents is 1. The average Bonchev–Trinajstić information content (AvgIpc) is 2.85. The van der Waals surface area contributed by atoms with Gasteiger partial charge in [0.2, 0.25) is 0 Å². The molecule has 0 atom stereocenters. The molecule has 4 rings (SSSR count). The van der Waals surface area contributed by atoms with E-state index < -0.39 is 20.9 Å². The molecule has 0 radical (unpaired) electrons. The Morgan fingerprint density at radius 1 is 1.00 bits per heavy atom. The number of carbonyl (C=O) groups is 1. The van der Waals surface area contributed by atoms with Crippen LogP contribution in [0.3, 0.4) is 0 Å². The van der Waals surface area contributed by atoms with E-state index in [2.05, 4.69) is 26.5 Å². The maximum Gasteiger partial charge on any atom is 0.339 e. The van der Waals surface area contributed by atoms with Crippen LogP contribution in [0.4, 0.5) is 5.69 Å². The van der Waals surface area contributed by atoms with Crippen LogP contribution >= 0.6 is 15.9 Å². The minimum Gasteiger partial charge on any atom is -0.378 e. The maximum atomic E-state index is 12.7. The molecule has 0 spiro atoms. The Hall–Kier alpha value is -4.09. The Kier molecular flexibility index (Phi) is 6.90. The molecule has 11 heteroatoms. The molecule has 0 aliphatic rings. The summed E-state index contributed by atoms with van der Waals surface area (Å²) in [5.41, 5.74) is 2.90. The Morgan fingerprint density at radius 3 is 2.46 bits per heavy atom. The predicted molar refractivity (Wildman–Crippen MR) is 134 cm³/mol. The summed E-state index contributed by atoms with van der Waals surface area (Å²) >= 11 is 3.31. The third-order valence-electron chi connectivity index (χ3n) is 4.91. The average molecular weight is 554 g/mol. The smallest absolute Gasteiger partial charge is 0.339 e. The summed E-state index contributed by atoms with van der Waals surface area (Å²) < 4.78 is 31.3. The van der Waals surface area contributed by atoms with Gasteiger partial charge in [0, 0.05) is 27.7 Å². The van der Waals surface area contributed by atoms with Crippen molar-refractivity contribution in [3.63, 3.8) is 0 Å². The van der Waals surface area contributed by atoms with Crippen LogP contribution in [0.25, 0.3) is 10.8 Å². The maximum absolute atomic E-state index is 12.7. The number of halogens is 1. The van der Waals surface area contributed by atoms with Gasteiger partial charge in [-0.15, -0.1) is 0 Å². The largest absolute Gasteiger partial charge is 0.378 e. The molecule has 176 valence electrons. The lowest BCUT2D eigenvalue weighted by atomic mass is 10.0. The molecule has 1 N–H and O–H groups in total. The zero-order valence-electron chi connectivity index (χ0n) is 17.8. The number of nitrogens with zero attached hydrogens (tertiary/aromatic N) is 2. The Bertz CT molecular complexity index is 1570. The normalized spacial score (nSPS) is 11.5. The lowest BCUT2D eigenvalue weighted by Crippen LogP contribution is -2.18. The molecule has 0 saturated carbocycles. The van der Waals surface area contributed by atoms with Crippen LogP contribution in [0.2, 0.25) is 0 Å². The molecule has 0 saturated heterocycles. The van der Waals surface area contributed by atoms with Gasteiger partial charge < -0.3 is 4.18 Å². The van der Waals surface area contributed by atoms with Crippen LogP contribution in [0, 0.1) is 10.1 Å². The minimum absolute atomic E-state index is 0.0466. The van der Waals surface area contributed by atoms with Gasteiger partial charge in [-0.1, -0.05) is 52.3 Å². The SMILES string of the molecule is O=C(N/N=C/c1cc(Br)ccc1OS(=O)(=O)c1ccc([N+](=O)[O-])cc1)c1cccc2ccccc12. The molecule has 4 aromatic carbocycles. The molecule has 0 heterocycles. The van der Waals surface area contributed by atoms with Crippen LogP contribution in [0.15, 0.2) is 99.4 Å². The number of fused-ring (bicyclic) bond motifs is 1. The zero-order chi connectivity index (χ0) is 25.0. The lowest BCUT2D eigenvalue weighted by molar-refractivity contribution is -0.384. The fourth-order valence-corrected chi connectivity index (χ4v) is 4.57. The first-order valence-electron chi connectivity index (χ1n) is 10.0. The van der Waals surface area contributed by atoms with Crippen molar-refractivity contribution in [1.29, 1.82) is 0 Å². The van der Waals surface area contributed by atoms with E-state index >= 15 is 0 Å². The highest BCUT2D eigenvalue weighted by Crippen LogP contribution is 2.26. The van der Waals surface area contributed by atoms with Gasteiger partial charge in [-0.05, 0) is 47.2 Å². The van der Waals surface area contributed by atoms with Gasteiger partial charge in [-0.2, -0.15) is 13.5 Å². The molecular weight excluding hydrogens is 538 g/mol. The zero-order valence-corrected chi connectivity index (χ0v) is 20.2. The molecule has 0 aliphatic carbocycles. The van der Waals surface area contributed by atoms with E-state index in [4.69, 9.17) is 4.18 Å². The fraction of sp³-hybridized carbons (Fsp3) is 0. The third kappa shape index (κ3) is 5.53. The molecule has 1 amide bonds. The molecule has 0 fully saturated rings. The van der Waals surface area contributed by atoms with E-state index in [9.17, 15) is 23.3 Å². The van der Waals surface area contributed by atoms with Crippen molar-refractivity contribution in [1.82, 2.24) is 5.43 Å². The van der Waals surface area contributed by atoms with Crippen LogP contribution < -0.4 is 9.61 Å². The molecule has 0 unspecified atom stereocenters. The van der Waals surface area contributed by atoms with Crippen molar-refractivity contribution < 1.29 is 22.3 Å². The van der Waals surface area contributed by atoms with Crippen molar-refractivity contribution >= 4 is 54.6 Å². The van der Waals surface area contributed by atoms with Crippen molar-refractivity contribution in [3.05, 3.63) is 111 Å². The molecule has 0 aliphatic heterocycles. The summed E-state index contributed by atoms with van der Waals surface area (Å²) in [5.74, 6) is -0.483. The monoisotopic (exact) mass is 553 g/mol. The number of hydrogen-bond donors (Lipinski definition) is 1. The quantitative estimate of drug-likeness (QED) is 0.148. The number of amides is 1. The number of nitrogens with one attached hydrogen (secondary N) is 1. The second-order valence-corrected chi connectivity index (χ2v) is 9.66. The summed E-state index contributed by atoms with van der Waals surface area (Å²) in [6.45, 7) is 0. The van der Waals surface area contributed by atoms with E-state index in [1.807, 2.05) is 30.3 Å². The van der Waals surface area contributed by atoms with E-state index in [0.29, 0.717) is 10.0 Å². The van der Waals surface area contributed by atoms with Crippen LogP contribution in [0.5, 0.6) is 5.75 Å². The van der Waals surface area contributed by atoms with E-state index in [0.717, 1.165) is 35.0 Å². The highest BCUT2D eigenvalue weighted by Gasteiger charge is 2.20. The first-order chi connectivity index (χ1) is 16.7. The van der Waals surface area contributed by atoms with E-state index in [-0.39, 0.29) is 21.9 Å². The number of rotatable bonds is 7. The minimum atomic E-state index is -4.29. The first-order valence-corrected chi connectivity index (χ1v) is 12.2. The summed E-state index contributed by atoms with van der Waals surface area (Å²) in [7, 11) is -4.29. The molecule has 0 bridgehead atoms. The van der Waals surface area contributed by atoms with Crippen LogP contribution in [-0.4, -0.2) is 25.5 Å². The highest BCUT2D eigenvalue weighted by molar-refractivity contribution is 9.10. The van der Waals surface area contributed by atoms with Gasteiger partial charge in [0.05, 0.1) is 11.1 Å². The second kappa shape index (κ2) is 10.0. The van der Waals surface area contributed by atoms with Crippen molar-refractivity contribution in [2.24, 2.45) is 5.10 Å². The number of non-ortho nitro benzene ring substituents is 1. The third-order valence-corrected chi connectivity index (χ3v) is 6.65. The molecule has 0 aromatic heterocycles. The van der Waals surface area contributed by atoms with Crippen LogP contribution in [-0.2, 0) is 10.1 Å². The van der Waals surface area contributed by atoms with Gasteiger partial charge >= 0.3 is 10.1 Å². The summed E-state index contributed by atoms with van der Waals surface area (Å²) in [6, 6.07) is 21.7. The summed E-state index contributed by atoms with van der Waals surface area (Å²) in [4.78, 5) is 22.6. The van der Waals surface area contributed by atoms with Crippen molar-refractivity contribution in [3.8, 4) is 5.75 Å². The van der Waals surface area contributed by atoms with Gasteiger partial charge in [0.25, 0.3) is 11.6 Å². The number of carbonyl (C=O) groups excluding carboxylic acids is 1. The van der Waals surface area contributed by atoms with Gasteiger partial charge in [-0.3, -0.25) is 14.9 Å². The van der Waals surface area contributed by atoms with Gasteiger partial charge in [0.15, 0.2) is 5.75 Å². The van der Waals surface area contributed by atoms with Crippen molar-refractivity contribution in [2.45, 2.75) is 4.90 Å². The standard InChI is InChI=1S/C24H16BrN3O6S/c25-18-8-13-23(34-35(32,33)20-11-9-19(10-12-20)28(30)31)17(14-18)15-26-27-24(29)22-7-3-5-16-4-1-2-6-21(16)22/h1-15H,(H,27,29)/b26-15+. The lowest BCUT2D eigenvalue weighted by Gasteiger charge is -2.10. The number of nitro groups is 1. The van der Waals surface area contributed by atoms with Gasteiger partial charge in [0.1, 0.15) is 4.90 Å². The van der Waals surface area contributed by atoms with Gasteiger partial charge in [-0.25, -0.2) is 5.43 Å². The molecule has 9 nitrogen and oxygen atoms in total. The Balaban J connectivity index is 1.55. The number of hydrogen-bond acceptors (Lipinski definition) is 7. The summed E-state index contributed by atoms with van der Waals surface area (Å²) in [6.07, 6.45) is 1.26. The first kappa shape index (κ1) is 24.0. The van der Waals surface area contributed by atoms with Crippen LogP contribution in [0.1, 0.15) is 15.9 Å². The predicted octanol–water partition coefficient (Wildman–Crippen LogP) is 5.04. The molecule has 4 aromatic rings. The molecular formula is C24H16BrN3O6S. The Labute approximate surface area is 208 Å². The summed E-state index contributed by atoms with van der Waals surface area (Å²) in [5, 5.41) is 16.4. The topological polar surface area (TPSA) is 128 Å². The van der Waals surface area contributed by atoms with E-state index in [1.54, 1.807) is 24.3 Å². The highest BCUT2D eigenvalue weighted by atomic mass is 79.9. The second-order valence-electron chi connectivity index (χ2n) is 7.20. The number of benzene rings is 4. The molecule has 35 heavy (non-hydrogen) atoms. The fourth-order valence-electron chi connectivity index (χ4n) is 3.24. The number of hydrazone groups is 1. The van der Waals surface area contributed by atoms with E-state index in [1.165, 1.54) is 12.3 Å².